The normalized spacial score (nSPS) is 25.1. The van der Waals surface area contributed by atoms with E-state index in [4.69, 9.17) is 9.47 Å². The minimum absolute atomic E-state index is 0.108. The average molecular weight is 341 g/mol. The lowest BCUT2D eigenvalue weighted by molar-refractivity contribution is 0.0457. The molecule has 2 heterocycles. The molecule has 2 aliphatic heterocycles. The third-order valence-electron chi connectivity index (χ3n) is 5.49. The number of aliphatic hydroxyl groups is 1. The van der Waals surface area contributed by atoms with E-state index in [1.54, 1.807) is 19.2 Å². The van der Waals surface area contributed by atoms with Gasteiger partial charge in [0.15, 0.2) is 11.5 Å². The Labute approximate surface area is 147 Å². The predicted molar refractivity (Wildman–Crippen MR) is 94.1 cm³/mol. The second-order valence-corrected chi connectivity index (χ2v) is 7.08. The number of ether oxygens (including phenoxy) is 2. The van der Waals surface area contributed by atoms with Crippen molar-refractivity contribution in [3.63, 3.8) is 0 Å². The average Bonchev–Trinajstić information content (AvgIpc) is 3.01. The van der Waals surface area contributed by atoms with E-state index in [2.05, 4.69) is 11.0 Å². The van der Waals surface area contributed by atoms with Gasteiger partial charge in [-0.1, -0.05) is 24.3 Å². The molecule has 132 valence electrons. The molecule has 4 rings (SSSR count). The van der Waals surface area contributed by atoms with Crippen LogP contribution in [0.4, 0.5) is 0 Å². The van der Waals surface area contributed by atoms with Crippen molar-refractivity contribution in [3.8, 4) is 17.2 Å². The standard InChI is InChI=1S/C20H23NO4/c1-24-19-7-6-14(8-17(19)23)9-21-10-16-15-4-2-3-5-18(15)25-13-20(16,11-21)12-22/h2-8,16,22-23H,9-13H2,1H3/t16?,20-/m1/s1. The van der Waals surface area contributed by atoms with Gasteiger partial charge >= 0.3 is 0 Å². The fourth-order valence-electron chi connectivity index (χ4n) is 4.19. The van der Waals surface area contributed by atoms with Crippen LogP contribution in [0.2, 0.25) is 0 Å². The second kappa shape index (κ2) is 6.24. The molecule has 2 N–H and O–H groups in total. The number of para-hydroxylation sites is 1. The zero-order chi connectivity index (χ0) is 17.4. The van der Waals surface area contributed by atoms with Crippen LogP contribution in [-0.4, -0.2) is 48.5 Å². The number of phenolic OH excluding ortho intramolecular Hbond substituents is 1. The lowest BCUT2D eigenvalue weighted by atomic mass is 9.74. The molecule has 1 unspecified atom stereocenters. The summed E-state index contributed by atoms with van der Waals surface area (Å²) < 4.78 is 11.0. The fraction of sp³-hybridized carbons (Fsp3) is 0.400. The number of phenols is 1. The Morgan fingerprint density at radius 2 is 2.12 bits per heavy atom. The van der Waals surface area contributed by atoms with Crippen molar-refractivity contribution in [2.24, 2.45) is 5.41 Å². The lowest BCUT2D eigenvalue weighted by Crippen LogP contribution is -2.42. The van der Waals surface area contributed by atoms with Gasteiger partial charge in [0, 0.05) is 31.0 Å². The first-order valence-electron chi connectivity index (χ1n) is 8.56. The Hall–Kier alpha value is -2.24. The van der Waals surface area contributed by atoms with Gasteiger partial charge < -0.3 is 19.7 Å². The number of hydrogen-bond donors (Lipinski definition) is 2. The molecule has 5 nitrogen and oxygen atoms in total. The molecule has 2 aromatic rings. The number of methoxy groups -OCH3 is 1. The first kappa shape index (κ1) is 16.2. The third kappa shape index (κ3) is 2.73. The van der Waals surface area contributed by atoms with Crippen LogP contribution in [-0.2, 0) is 6.54 Å². The van der Waals surface area contributed by atoms with Crippen LogP contribution in [0.25, 0.3) is 0 Å². The van der Waals surface area contributed by atoms with E-state index < -0.39 is 0 Å². The number of benzene rings is 2. The third-order valence-corrected chi connectivity index (χ3v) is 5.49. The van der Waals surface area contributed by atoms with Crippen LogP contribution in [0.5, 0.6) is 17.2 Å². The molecule has 2 aromatic carbocycles. The number of aliphatic hydroxyl groups excluding tert-OH is 1. The number of fused-ring (bicyclic) bond motifs is 3. The Bertz CT molecular complexity index is 778. The van der Waals surface area contributed by atoms with Gasteiger partial charge in [0.25, 0.3) is 0 Å². The van der Waals surface area contributed by atoms with E-state index in [1.165, 1.54) is 5.56 Å². The van der Waals surface area contributed by atoms with E-state index in [-0.39, 0.29) is 23.7 Å². The van der Waals surface area contributed by atoms with Crippen LogP contribution in [0.1, 0.15) is 17.0 Å². The summed E-state index contributed by atoms with van der Waals surface area (Å²) in [6, 6.07) is 13.6. The topological polar surface area (TPSA) is 62.2 Å². The highest BCUT2D eigenvalue weighted by atomic mass is 16.5. The van der Waals surface area contributed by atoms with Crippen LogP contribution in [0.3, 0.4) is 0 Å². The SMILES string of the molecule is COc1ccc(CN2CC3c4ccccc4OC[C@]3(CO)C2)cc1O. The molecular weight excluding hydrogens is 318 g/mol. The fourth-order valence-corrected chi connectivity index (χ4v) is 4.19. The maximum atomic E-state index is 10.1. The predicted octanol–water partition coefficient (Wildman–Crippen LogP) is 2.37. The smallest absolute Gasteiger partial charge is 0.160 e. The van der Waals surface area contributed by atoms with Gasteiger partial charge in [-0.05, 0) is 29.3 Å². The zero-order valence-corrected chi connectivity index (χ0v) is 14.3. The Morgan fingerprint density at radius 1 is 1.28 bits per heavy atom. The van der Waals surface area contributed by atoms with Crippen molar-refractivity contribution >= 4 is 0 Å². The first-order chi connectivity index (χ1) is 12.1. The Kier molecular flexibility index (Phi) is 4.06. The summed E-state index contributed by atoms with van der Waals surface area (Å²) in [5.74, 6) is 1.82. The molecule has 0 radical (unpaired) electrons. The number of rotatable bonds is 4. The molecule has 1 saturated heterocycles. The van der Waals surface area contributed by atoms with Crippen molar-refractivity contribution < 1.29 is 19.7 Å². The van der Waals surface area contributed by atoms with Crippen LogP contribution in [0, 0.1) is 5.41 Å². The summed E-state index contributed by atoms with van der Waals surface area (Å²) in [5.41, 5.74) is 1.95. The number of hydrogen-bond acceptors (Lipinski definition) is 5. The van der Waals surface area contributed by atoms with Gasteiger partial charge in [0.05, 0.1) is 20.3 Å². The summed E-state index contributed by atoms with van der Waals surface area (Å²) in [5, 5.41) is 20.1. The molecule has 25 heavy (non-hydrogen) atoms. The Morgan fingerprint density at radius 3 is 2.88 bits per heavy atom. The van der Waals surface area contributed by atoms with Crippen molar-refractivity contribution in [2.45, 2.75) is 12.5 Å². The van der Waals surface area contributed by atoms with Crippen LogP contribution in [0.15, 0.2) is 42.5 Å². The van der Waals surface area contributed by atoms with Crippen molar-refractivity contribution in [1.82, 2.24) is 4.90 Å². The minimum atomic E-state index is -0.261. The van der Waals surface area contributed by atoms with Gasteiger partial charge in [-0.3, -0.25) is 4.90 Å². The number of aromatic hydroxyl groups is 1. The van der Waals surface area contributed by atoms with Gasteiger partial charge in [-0.15, -0.1) is 0 Å². The second-order valence-electron chi connectivity index (χ2n) is 7.08. The van der Waals surface area contributed by atoms with Gasteiger partial charge in [-0.2, -0.15) is 0 Å². The quantitative estimate of drug-likeness (QED) is 0.894. The zero-order valence-electron chi connectivity index (χ0n) is 14.3. The van der Waals surface area contributed by atoms with Gasteiger partial charge in [0.2, 0.25) is 0 Å². The molecule has 2 atom stereocenters. The van der Waals surface area contributed by atoms with E-state index in [0.29, 0.717) is 12.4 Å². The molecule has 5 heteroatoms. The molecule has 2 aliphatic rings. The largest absolute Gasteiger partial charge is 0.504 e. The van der Waals surface area contributed by atoms with Gasteiger partial charge in [0.1, 0.15) is 5.75 Å². The summed E-state index contributed by atoms with van der Waals surface area (Å²) in [6.45, 7) is 3.01. The molecule has 0 aromatic heterocycles. The number of likely N-dealkylation sites (tertiary alicyclic amines) is 1. The molecule has 0 spiro atoms. The summed E-state index contributed by atoms with van der Waals surface area (Å²) in [4.78, 5) is 2.33. The maximum Gasteiger partial charge on any atom is 0.160 e. The molecule has 0 bridgehead atoms. The van der Waals surface area contributed by atoms with E-state index in [9.17, 15) is 10.2 Å². The summed E-state index contributed by atoms with van der Waals surface area (Å²) in [6.07, 6.45) is 0. The monoisotopic (exact) mass is 341 g/mol. The summed E-state index contributed by atoms with van der Waals surface area (Å²) in [7, 11) is 1.54. The van der Waals surface area contributed by atoms with E-state index >= 15 is 0 Å². The van der Waals surface area contributed by atoms with Crippen LogP contribution < -0.4 is 9.47 Å². The van der Waals surface area contributed by atoms with Crippen molar-refractivity contribution in [3.05, 3.63) is 53.6 Å². The molecule has 1 fully saturated rings. The first-order valence-corrected chi connectivity index (χ1v) is 8.56. The molecule has 0 aliphatic carbocycles. The van der Waals surface area contributed by atoms with Gasteiger partial charge in [-0.25, -0.2) is 0 Å². The van der Waals surface area contributed by atoms with Crippen LogP contribution >= 0.6 is 0 Å². The maximum absolute atomic E-state index is 10.1. The number of nitrogens with zero attached hydrogens (tertiary/aromatic N) is 1. The van der Waals surface area contributed by atoms with E-state index in [1.807, 2.05) is 24.3 Å². The highest BCUT2D eigenvalue weighted by Crippen LogP contribution is 2.49. The van der Waals surface area contributed by atoms with Crippen molar-refractivity contribution in [2.75, 3.05) is 33.4 Å². The Balaban J connectivity index is 1.58. The molecule has 0 amide bonds. The minimum Gasteiger partial charge on any atom is -0.504 e. The highest BCUT2D eigenvalue weighted by Gasteiger charge is 2.50. The molecule has 0 saturated carbocycles. The molecular formula is C20H23NO4. The summed E-state index contributed by atoms with van der Waals surface area (Å²) >= 11 is 0. The van der Waals surface area contributed by atoms with Crippen molar-refractivity contribution in [1.29, 1.82) is 0 Å². The highest BCUT2D eigenvalue weighted by molar-refractivity contribution is 5.43. The lowest BCUT2D eigenvalue weighted by Gasteiger charge is -2.38. The van der Waals surface area contributed by atoms with E-state index in [0.717, 1.165) is 30.9 Å².